The predicted molar refractivity (Wildman–Crippen MR) is 76.2 cm³/mol. The zero-order valence-corrected chi connectivity index (χ0v) is 11.8. The first kappa shape index (κ1) is 14.0. The van der Waals surface area contributed by atoms with Crippen LogP contribution in [-0.4, -0.2) is 60.0 Å². The second-order valence-electron chi connectivity index (χ2n) is 5.58. The highest BCUT2D eigenvalue weighted by atomic mass is 16.5. The van der Waals surface area contributed by atoms with E-state index >= 15 is 0 Å². The molecule has 0 bridgehead atoms. The summed E-state index contributed by atoms with van der Waals surface area (Å²) >= 11 is 0. The number of hydrogen-bond donors (Lipinski definition) is 1. The quantitative estimate of drug-likeness (QED) is 0.817. The van der Waals surface area contributed by atoms with Gasteiger partial charge in [0.05, 0.1) is 18.7 Å². The van der Waals surface area contributed by atoms with E-state index in [0.717, 1.165) is 13.1 Å². The van der Waals surface area contributed by atoms with Gasteiger partial charge in [-0.15, -0.1) is 0 Å². The summed E-state index contributed by atoms with van der Waals surface area (Å²) < 4.78 is 5.61. The van der Waals surface area contributed by atoms with Gasteiger partial charge in [0.1, 0.15) is 6.61 Å². The van der Waals surface area contributed by atoms with E-state index in [4.69, 9.17) is 10.5 Å². The molecule has 2 unspecified atom stereocenters. The van der Waals surface area contributed by atoms with Crippen molar-refractivity contribution in [2.75, 3.05) is 26.2 Å². The number of hydrogen-bond acceptors (Lipinski definition) is 4. The maximum Gasteiger partial charge on any atom is 0.249 e. The third kappa shape index (κ3) is 3.06. The van der Waals surface area contributed by atoms with Crippen LogP contribution < -0.4 is 5.73 Å². The Morgan fingerprint density at radius 1 is 1.29 bits per heavy atom. The second kappa shape index (κ2) is 5.83. The Balaban J connectivity index is 1.68. The Hall–Kier alpha value is -1.92. The average molecular weight is 289 g/mol. The fourth-order valence-electron chi connectivity index (χ4n) is 3.09. The smallest absolute Gasteiger partial charge is 0.249 e. The van der Waals surface area contributed by atoms with E-state index in [1.165, 1.54) is 5.56 Å². The average Bonchev–Trinajstić information content (AvgIpc) is 2.86. The molecule has 1 aromatic carbocycles. The van der Waals surface area contributed by atoms with Crippen LogP contribution in [0.3, 0.4) is 0 Å². The molecule has 112 valence electrons. The highest BCUT2D eigenvalue weighted by Gasteiger charge is 2.43. The third-order valence-electron chi connectivity index (χ3n) is 4.03. The number of morpholine rings is 1. The monoisotopic (exact) mass is 289 g/mol. The van der Waals surface area contributed by atoms with Crippen molar-refractivity contribution in [2.45, 2.75) is 18.7 Å². The summed E-state index contributed by atoms with van der Waals surface area (Å²) in [4.78, 5) is 26.9. The third-order valence-corrected chi connectivity index (χ3v) is 4.03. The van der Waals surface area contributed by atoms with Gasteiger partial charge in [-0.2, -0.15) is 0 Å². The Morgan fingerprint density at radius 3 is 2.76 bits per heavy atom. The molecule has 2 saturated heterocycles. The van der Waals surface area contributed by atoms with Crippen molar-refractivity contribution in [3.05, 3.63) is 35.9 Å². The maximum atomic E-state index is 11.9. The lowest BCUT2D eigenvalue weighted by atomic mass is 10.1. The number of benzene rings is 1. The SMILES string of the molecule is NC(=O)CN1C(=O)COC2CN(Cc3ccccc3)CC21. The summed E-state index contributed by atoms with van der Waals surface area (Å²) in [7, 11) is 0. The minimum Gasteiger partial charge on any atom is -0.368 e. The molecule has 21 heavy (non-hydrogen) atoms. The van der Waals surface area contributed by atoms with E-state index < -0.39 is 5.91 Å². The molecule has 6 heteroatoms. The van der Waals surface area contributed by atoms with Gasteiger partial charge in [-0.1, -0.05) is 30.3 Å². The van der Waals surface area contributed by atoms with E-state index in [2.05, 4.69) is 17.0 Å². The summed E-state index contributed by atoms with van der Waals surface area (Å²) in [6, 6.07) is 10.1. The van der Waals surface area contributed by atoms with Crippen LogP contribution in [0.25, 0.3) is 0 Å². The van der Waals surface area contributed by atoms with Crippen LogP contribution in [0.1, 0.15) is 5.56 Å². The Kier molecular flexibility index (Phi) is 3.90. The number of amides is 2. The van der Waals surface area contributed by atoms with Gasteiger partial charge in [0.15, 0.2) is 0 Å². The first-order chi connectivity index (χ1) is 10.1. The zero-order valence-electron chi connectivity index (χ0n) is 11.8. The summed E-state index contributed by atoms with van der Waals surface area (Å²) in [6.45, 7) is 2.30. The number of carbonyl (C=O) groups excluding carboxylic acids is 2. The predicted octanol–water partition coefficient (Wildman–Crippen LogP) is -0.416. The number of likely N-dealkylation sites (tertiary alicyclic amines) is 1. The molecule has 6 nitrogen and oxygen atoms in total. The van der Waals surface area contributed by atoms with Crippen molar-refractivity contribution in [1.82, 2.24) is 9.80 Å². The van der Waals surface area contributed by atoms with Gasteiger partial charge in [-0.25, -0.2) is 0 Å². The topological polar surface area (TPSA) is 75.9 Å². The molecule has 0 aromatic heterocycles. The second-order valence-corrected chi connectivity index (χ2v) is 5.58. The highest BCUT2D eigenvalue weighted by Crippen LogP contribution is 2.24. The highest BCUT2D eigenvalue weighted by molar-refractivity contribution is 5.85. The van der Waals surface area contributed by atoms with Crippen LogP contribution in [0.5, 0.6) is 0 Å². The molecule has 0 radical (unpaired) electrons. The number of primary amides is 1. The van der Waals surface area contributed by atoms with Gasteiger partial charge in [0, 0.05) is 19.6 Å². The fourth-order valence-corrected chi connectivity index (χ4v) is 3.09. The fraction of sp³-hybridized carbons (Fsp3) is 0.467. The van der Waals surface area contributed by atoms with Gasteiger partial charge in [-0.05, 0) is 5.56 Å². The summed E-state index contributed by atoms with van der Waals surface area (Å²) in [5.41, 5.74) is 6.47. The molecule has 1 aromatic rings. The molecule has 0 aliphatic carbocycles. The van der Waals surface area contributed by atoms with Crippen LogP contribution in [-0.2, 0) is 20.9 Å². The van der Waals surface area contributed by atoms with Gasteiger partial charge in [-0.3, -0.25) is 14.5 Å². The molecule has 2 amide bonds. The summed E-state index contributed by atoms with van der Waals surface area (Å²) in [5.74, 6) is -0.637. The minimum absolute atomic E-state index is 0.0253. The van der Waals surface area contributed by atoms with Crippen molar-refractivity contribution in [1.29, 1.82) is 0 Å². The van der Waals surface area contributed by atoms with Crippen LogP contribution in [0.2, 0.25) is 0 Å². The normalized spacial score (nSPS) is 25.9. The molecule has 3 rings (SSSR count). The van der Waals surface area contributed by atoms with E-state index in [0.29, 0.717) is 6.54 Å². The molecule has 0 saturated carbocycles. The lowest BCUT2D eigenvalue weighted by molar-refractivity contribution is -0.155. The number of ether oxygens (including phenoxy) is 1. The zero-order chi connectivity index (χ0) is 14.8. The molecular formula is C15H19N3O3. The largest absolute Gasteiger partial charge is 0.368 e. The number of fused-ring (bicyclic) bond motifs is 1. The number of carbonyl (C=O) groups is 2. The van der Waals surface area contributed by atoms with Crippen molar-refractivity contribution in [3.8, 4) is 0 Å². The molecule has 2 fully saturated rings. The first-order valence-electron chi connectivity index (χ1n) is 7.09. The minimum atomic E-state index is -0.481. The molecule has 2 N–H and O–H groups in total. The Morgan fingerprint density at radius 2 is 2.05 bits per heavy atom. The number of nitrogens with two attached hydrogens (primary N) is 1. The Bertz CT molecular complexity index is 534. The van der Waals surface area contributed by atoms with Crippen LogP contribution >= 0.6 is 0 Å². The van der Waals surface area contributed by atoms with Crippen molar-refractivity contribution in [3.63, 3.8) is 0 Å². The van der Waals surface area contributed by atoms with Crippen LogP contribution in [0.4, 0.5) is 0 Å². The lowest BCUT2D eigenvalue weighted by Crippen LogP contribution is -2.56. The molecule has 2 aliphatic heterocycles. The van der Waals surface area contributed by atoms with Crippen molar-refractivity contribution >= 4 is 11.8 Å². The van der Waals surface area contributed by atoms with E-state index in [1.807, 2.05) is 18.2 Å². The summed E-state index contributed by atoms with van der Waals surface area (Å²) in [6.07, 6.45) is -0.0363. The van der Waals surface area contributed by atoms with E-state index in [-0.39, 0.29) is 31.2 Å². The number of nitrogens with zero attached hydrogens (tertiary/aromatic N) is 2. The van der Waals surface area contributed by atoms with E-state index in [1.54, 1.807) is 4.90 Å². The van der Waals surface area contributed by atoms with E-state index in [9.17, 15) is 9.59 Å². The van der Waals surface area contributed by atoms with Gasteiger partial charge in [0.25, 0.3) is 0 Å². The van der Waals surface area contributed by atoms with Crippen LogP contribution in [0.15, 0.2) is 30.3 Å². The molecular weight excluding hydrogens is 270 g/mol. The van der Waals surface area contributed by atoms with Gasteiger partial charge >= 0.3 is 0 Å². The standard InChI is InChI=1S/C15H19N3O3/c16-14(19)9-18-12-7-17(6-11-4-2-1-3-5-11)8-13(12)21-10-15(18)20/h1-5,12-13H,6-10H2,(H2,16,19). The molecule has 2 atom stereocenters. The van der Waals surface area contributed by atoms with Crippen molar-refractivity contribution < 1.29 is 14.3 Å². The molecule has 2 aliphatic rings. The molecule has 2 heterocycles. The van der Waals surface area contributed by atoms with Gasteiger partial charge in [0.2, 0.25) is 11.8 Å². The van der Waals surface area contributed by atoms with Crippen LogP contribution in [0, 0.1) is 0 Å². The molecule has 0 spiro atoms. The summed E-state index contributed by atoms with van der Waals surface area (Å²) in [5, 5.41) is 0. The Labute approximate surface area is 123 Å². The first-order valence-corrected chi connectivity index (χ1v) is 7.09. The maximum absolute atomic E-state index is 11.9. The lowest BCUT2D eigenvalue weighted by Gasteiger charge is -2.35. The van der Waals surface area contributed by atoms with Crippen molar-refractivity contribution in [2.24, 2.45) is 5.73 Å². The van der Waals surface area contributed by atoms with Gasteiger partial charge < -0.3 is 15.4 Å². The number of rotatable bonds is 4.